The van der Waals surface area contributed by atoms with Crippen LogP contribution in [0.15, 0.2) is 95.8 Å². The van der Waals surface area contributed by atoms with Crippen LogP contribution in [0.25, 0.3) is 22.2 Å². The molecule has 3 heterocycles. The van der Waals surface area contributed by atoms with E-state index in [0.29, 0.717) is 18.2 Å². The van der Waals surface area contributed by atoms with Crippen molar-refractivity contribution in [3.05, 3.63) is 124 Å². The maximum absolute atomic E-state index is 12.1. The number of fused-ring (bicyclic) bond motifs is 2. The lowest BCUT2D eigenvalue weighted by Gasteiger charge is -2.30. The number of aromatic hydroxyl groups is 1. The van der Waals surface area contributed by atoms with E-state index in [1.807, 2.05) is 13.0 Å². The van der Waals surface area contributed by atoms with Gasteiger partial charge in [-0.2, -0.15) is 0 Å². The number of hydrogen-bond donors (Lipinski definition) is 2. The van der Waals surface area contributed by atoms with Crippen LogP contribution in [0.3, 0.4) is 0 Å². The molecule has 1 unspecified atom stereocenters. The van der Waals surface area contributed by atoms with Crippen LogP contribution in [0.5, 0.6) is 5.75 Å². The van der Waals surface area contributed by atoms with E-state index in [4.69, 9.17) is 0 Å². The van der Waals surface area contributed by atoms with Gasteiger partial charge in [0.2, 0.25) is 0 Å². The van der Waals surface area contributed by atoms with E-state index in [1.54, 1.807) is 0 Å². The highest BCUT2D eigenvalue weighted by molar-refractivity contribution is 5.86. The zero-order valence-corrected chi connectivity index (χ0v) is 25.7. The lowest BCUT2D eigenvalue weighted by Crippen LogP contribution is -2.34. The Kier molecular flexibility index (Phi) is 7.87. The minimum atomic E-state index is -0.284. The molecule has 226 valence electrons. The molecule has 0 amide bonds. The van der Waals surface area contributed by atoms with E-state index in [-0.39, 0.29) is 11.3 Å². The number of rotatable bonds is 9. The first-order chi connectivity index (χ1) is 21.4. The fourth-order valence-corrected chi connectivity index (χ4v) is 7.86. The fraction of sp³-hybridized carbons (Fsp3) is 0.342. The van der Waals surface area contributed by atoms with Crippen LogP contribution in [0.1, 0.15) is 42.1 Å². The van der Waals surface area contributed by atoms with Crippen molar-refractivity contribution in [1.29, 1.82) is 0 Å². The second-order valence-corrected chi connectivity index (χ2v) is 12.9. The highest BCUT2D eigenvalue weighted by atomic mass is 16.3. The van der Waals surface area contributed by atoms with Gasteiger partial charge in [-0.15, -0.1) is 0 Å². The van der Waals surface area contributed by atoms with E-state index in [1.165, 1.54) is 41.2 Å². The molecule has 7 rings (SSSR count). The van der Waals surface area contributed by atoms with E-state index in [9.17, 15) is 9.90 Å². The second-order valence-electron chi connectivity index (χ2n) is 12.9. The molecule has 6 nitrogen and oxygen atoms in total. The first kappa shape index (κ1) is 28.6. The average Bonchev–Trinajstić information content (AvgIpc) is 3.69. The van der Waals surface area contributed by atoms with Gasteiger partial charge in [-0.3, -0.25) is 14.6 Å². The molecule has 0 spiro atoms. The minimum Gasteiger partial charge on any atom is -0.507 e. The van der Waals surface area contributed by atoms with Gasteiger partial charge in [0.1, 0.15) is 5.75 Å². The van der Waals surface area contributed by atoms with Gasteiger partial charge in [0.05, 0.1) is 5.69 Å². The molecule has 2 N–H and O–H groups in total. The third-order valence-corrected chi connectivity index (χ3v) is 10.1. The number of aryl methyl sites for hydroxylation is 1. The third kappa shape index (κ3) is 5.72. The Morgan fingerprint density at radius 3 is 2.11 bits per heavy atom. The molecule has 0 bridgehead atoms. The molecule has 2 fully saturated rings. The van der Waals surface area contributed by atoms with Gasteiger partial charge in [-0.05, 0) is 66.0 Å². The molecule has 2 aliphatic rings. The molecule has 44 heavy (non-hydrogen) atoms. The lowest BCUT2D eigenvalue weighted by molar-refractivity contribution is 0.163. The molecular formula is C38H42N4O2. The quantitative estimate of drug-likeness (QED) is 0.201. The number of H-pyrrole nitrogens is 1. The summed E-state index contributed by atoms with van der Waals surface area (Å²) in [5, 5.41) is 11.5. The van der Waals surface area contributed by atoms with Crippen molar-refractivity contribution in [2.75, 3.05) is 13.1 Å². The summed E-state index contributed by atoms with van der Waals surface area (Å²) in [5.74, 6) is 1.54. The summed E-state index contributed by atoms with van der Waals surface area (Å²) >= 11 is 0. The van der Waals surface area contributed by atoms with Crippen LogP contribution in [-0.4, -0.2) is 43.6 Å². The van der Waals surface area contributed by atoms with E-state index < -0.39 is 0 Å². The number of aromatic nitrogens is 2. The SMILES string of the molecule is CCc1c(O)cc(=O)[nH]c1-c1ccc2c(c1)cc(CN1C[C@H]3CC(N(Cc4ccccc4)Cc4ccccc4)C[C@H]3C1)n2C. The topological polar surface area (TPSA) is 64.5 Å². The molecule has 6 heteroatoms. The number of hydrogen-bond acceptors (Lipinski definition) is 4. The summed E-state index contributed by atoms with van der Waals surface area (Å²) in [6.45, 7) is 7.24. The molecule has 3 aromatic carbocycles. The molecular weight excluding hydrogens is 544 g/mol. The van der Waals surface area contributed by atoms with Crippen molar-refractivity contribution in [2.45, 2.75) is 51.9 Å². The van der Waals surface area contributed by atoms with Gasteiger partial charge in [-0.25, -0.2) is 0 Å². The summed E-state index contributed by atoms with van der Waals surface area (Å²) in [7, 11) is 2.16. The number of aromatic amines is 1. The van der Waals surface area contributed by atoms with Crippen LogP contribution in [-0.2, 0) is 33.1 Å². The monoisotopic (exact) mass is 586 g/mol. The van der Waals surface area contributed by atoms with Crippen molar-refractivity contribution in [2.24, 2.45) is 18.9 Å². The Bertz CT molecular complexity index is 1750. The average molecular weight is 587 g/mol. The highest BCUT2D eigenvalue weighted by Gasteiger charge is 2.42. The highest BCUT2D eigenvalue weighted by Crippen LogP contribution is 2.42. The molecule has 1 saturated heterocycles. The van der Waals surface area contributed by atoms with E-state index >= 15 is 0 Å². The van der Waals surface area contributed by atoms with Gasteiger partial charge >= 0.3 is 0 Å². The summed E-state index contributed by atoms with van der Waals surface area (Å²) in [6, 6.07) is 32.3. The van der Waals surface area contributed by atoms with E-state index in [2.05, 4.69) is 105 Å². The van der Waals surface area contributed by atoms with Crippen LogP contribution in [0, 0.1) is 11.8 Å². The smallest absolute Gasteiger partial charge is 0.252 e. The number of nitrogens with one attached hydrogen (secondary N) is 1. The Balaban J connectivity index is 1.05. The Morgan fingerprint density at radius 2 is 1.50 bits per heavy atom. The molecule has 3 atom stereocenters. The minimum absolute atomic E-state index is 0.0603. The molecule has 2 aromatic heterocycles. The molecule has 1 saturated carbocycles. The number of pyridine rings is 1. The number of likely N-dealkylation sites (tertiary alicyclic amines) is 1. The summed E-state index contributed by atoms with van der Waals surface area (Å²) in [4.78, 5) is 20.5. The maximum atomic E-state index is 12.1. The Morgan fingerprint density at radius 1 is 0.864 bits per heavy atom. The normalized spacial score (nSPS) is 20.1. The standard InChI is InChI=1S/C38H42N4O2/c1-3-34-36(43)20-37(44)39-38(34)28-14-15-35-29(16-28)17-33(40(35)2)25-41-23-30-18-32(19-31(30)24-41)42(21-26-10-6-4-7-11-26)22-27-12-8-5-9-13-27/h4-17,20,30-32H,3,18-19,21-25H2,1-2H3,(H2,39,43,44)/t30-,31+,32?. The van der Waals surface area contributed by atoms with Crippen LogP contribution >= 0.6 is 0 Å². The van der Waals surface area contributed by atoms with Crippen LogP contribution in [0.4, 0.5) is 0 Å². The van der Waals surface area contributed by atoms with Gasteiger partial charge in [0, 0.05) is 74.0 Å². The molecule has 1 aliphatic heterocycles. The van der Waals surface area contributed by atoms with Crippen molar-refractivity contribution >= 4 is 10.9 Å². The summed E-state index contributed by atoms with van der Waals surface area (Å²) in [6.07, 6.45) is 3.17. The molecule has 1 aliphatic carbocycles. The summed E-state index contributed by atoms with van der Waals surface area (Å²) < 4.78 is 2.31. The zero-order valence-electron chi connectivity index (χ0n) is 25.7. The van der Waals surface area contributed by atoms with E-state index in [0.717, 1.165) is 61.1 Å². The predicted octanol–water partition coefficient (Wildman–Crippen LogP) is 6.71. The van der Waals surface area contributed by atoms with Gasteiger partial charge in [0.15, 0.2) is 0 Å². The lowest BCUT2D eigenvalue weighted by atomic mass is 10.0. The fourth-order valence-electron chi connectivity index (χ4n) is 7.86. The van der Waals surface area contributed by atoms with Gasteiger partial charge < -0.3 is 14.7 Å². The number of benzene rings is 3. The summed E-state index contributed by atoms with van der Waals surface area (Å²) in [5.41, 5.74) is 7.40. The number of nitrogens with zero attached hydrogens (tertiary/aromatic N) is 3. The van der Waals surface area contributed by atoms with Gasteiger partial charge in [0.25, 0.3) is 5.56 Å². The molecule has 0 radical (unpaired) electrons. The predicted molar refractivity (Wildman–Crippen MR) is 177 cm³/mol. The first-order valence-corrected chi connectivity index (χ1v) is 16.0. The maximum Gasteiger partial charge on any atom is 0.252 e. The zero-order chi connectivity index (χ0) is 30.2. The van der Waals surface area contributed by atoms with Crippen molar-refractivity contribution < 1.29 is 5.11 Å². The van der Waals surface area contributed by atoms with Crippen molar-refractivity contribution in [1.82, 2.24) is 19.4 Å². The Labute approximate surface area is 259 Å². The largest absolute Gasteiger partial charge is 0.507 e. The Hall–Kier alpha value is -4.13. The van der Waals surface area contributed by atoms with Crippen LogP contribution < -0.4 is 5.56 Å². The second kappa shape index (κ2) is 12.1. The van der Waals surface area contributed by atoms with Crippen LogP contribution in [0.2, 0.25) is 0 Å². The van der Waals surface area contributed by atoms with Crippen molar-refractivity contribution in [3.8, 4) is 17.0 Å². The van der Waals surface area contributed by atoms with Gasteiger partial charge in [-0.1, -0.05) is 73.7 Å². The van der Waals surface area contributed by atoms with Crippen molar-refractivity contribution in [3.63, 3.8) is 0 Å². The molecule has 5 aromatic rings. The third-order valence-electron chi connectivity index (χ3n) is 10.1. The first-order valence-electron chi connectivity index (χ1n) is 16.0.